The number of nitrogens with zero attached hydrogens (tertiary/aromatic N) is 1. The van der Waals surface area contributed by atoms with E-state index in [-0.39, 0.29) is 17.7 Å². The Kier molecular flexibility index (Phi) is 6.21. The Morgan fingerprint density at radius 1 is 1.15 bits per heavy atom. The molecule has 3 rings (SSSR count). The number of hydrogen-bond donors (Lipinski definition) is 2. The zero-order chi connectivity index (χ0) is 19.4. The topological polar surface area (TPSA) is 79.9 Å². The first-order valence-electron chi connectivity index (χ1n) is 9.63. The van der Waals surface area contributed by atoms with Crippen molar-refractivity contribution in [2.45, 2.75) is 38.6 Å². The predicted octanol–water partition coefficient (Wildman–Crippen LogP) is 2.27. The first kappa shape index (κ1) is 19.5. The second kappa shape index (κ2) is 8.61. The molecule has 148 valence electrons. The molecule has 0 aliphatic carbocycles. The van der Waals surface area contributed by atoms with Crippen LogP contribution in [0.1, 0.15) is 43.0 Å². The van der Waals surface area contributed by atoms with E-state index >= 15 is 0 Å². The predicted molar refractivity (Wildman–Crippen MR) is 104 cm³/mol. The Labute approximate surface area is 160 Å². The fraction of sp³-hybridized carbons (Fsp3) is 0.600. The van der Waals surface area contributed by atoms with Crippen LogP contribution in [0.2, 0.25) is 0 Å². The molecule has 0 unspecified atom stereocenters. The van der Waals surface area contributed by atoms with Gasteiger partial charge in [0.2, 0.25) is 5.91 Å². The zero-order valence-corrected chi connectivity index (χ0v) is 16.3. The van der Waals surface area contributed by atoms with Crippen LogP contribution in [0.5, 0.6) is 11.5 Å². The van der Waals surface area contributed by atoms with Crippen molar-refractivity contribution < 1.29 is 19.1 Å². The summed E-state index contributed by atoms with van der Waals surface area (Å²) in [7, 11) is 3.08. The maximum Gasteiger partial charge on any atom is 0.256 e. The van der Waals surface area contributed by atoms with E-state index in [0.717, 1.165) is 45.3 Å². The fourth-order valence-corrected chi connectivity index (χ4v) is 3.85. The fourth-order valence-electron chi connectivity index (χ4n) is 3.85. The van der Waals surface area contributed by atoms with Crippen LogP contribution in [-0.2, 0) is 4.79 Å². The monoisotopic (exact) mass is 375 g/mol. The van der Waals surface area contributed by atoms with Gasteiger partial charge in [0.25, 0.3) is 5.91 Å². The molecule has 2 fully saturated rings. The minimum absolute atomic E-state index is 0.0500. The van der Waals surface area contributed by atoms with Crippen molar-refractivity contribution in [3.05, 3.63) is 17.7 Å². The summed E-state index contributed by atoms with van der Waals surface area (Å²) < 4.78 is 10.7. The van der Waals surface area contributed by atoms with Gasteiger partial charge in [0.05, 0.1) is 25.5 Å². The maximum atomic E-state index is 13.0. The number of benzene rings is 1. The molecule has 1 aromatic rings. The van der Waals surface area contributed by atoms with Gasteiger partial charge >= 0.3 is 0 Å². The summed E-state index contributed by atoms with van der Waals surface area (Å²) in [5, 5.41) is 6.33. The SMILES string of the molecule is COc1cc(NC(=O)[C@H]2CCN[C@@H](C)C2)c(C(=O)N2CCCC2)cc1OC. The Bertz CT molecular complexity index is 701. The number of piperidine rings is 1. The normalized spacial score (nSPS) is 22.4. The molecule has 0 radical (unpaired) electrons. The summed E-state index contributed by atoms with van der Waals surface area (Å²) >= 11 is 0. The van der Waals surface area contributed by atoms with Gasteiger partial charge in [-0.25, -0.2) is 0 Å². The van der Waals surface area contributed by atoms with E-state index in [0.29, 0.717) is 28.8 Å². The molecule has 0 saturated carbocycles. The van der Waals surface area contributed by atoms with Gasteiger partial charge in [0, 0.05) is 31.1 Å². The summed E-state index contributed by atoms with van der Waals surface area (Å²) in [5.74, 6) is 0.774. The van der Waals surface area contributed by atoms with E-state index in [2.05, 4.69) is 17.6 Å². The average Bonchev–Trinajstić information content (AvgIpc) is 3.21. The molecule has 27 heavy (non-hydrogen) atoms. The second-order valence-electron chi connectivity index (χ2n) is 7.32. The third-order valence-corrected chi connectivity index (χ3v) is 5.40. The highest BCUT2D eigenvalue weighted by Gasteiger charge is 2.28. The Morgan fingerprint density at radius 2 is 1.81 bits per heavy atom. The molecule has 7 heteroatoms. The molecule has 2 N–H and O–H groups in total. The Balaban J connectivity index is 1.89. The van der Waals surface area contributed by atoms with Crippen molar-refractivity contribution in [2.75, 3.05) is 39.2 Å². The van der Waals surface area contributed by atoms with Crippen molar-refractivity contribution in [2.24, 2.45) is 5.92 Å². The highest BCUT2D eigenvalue weighted by atomic mass is 16.5. The number of amides is 2. The minimum atomic E-state index is -0.0811. The molecule has 0 bridgehead atoms. The van der Waals surface area contributed by atoms with Crippen molar-refractivity contribution >= 4 is 17.5 Å². The van der Waals surface area contributed by atoms with Gasteiger partial charge in [-0.3, -0.25) is 9.59 Å². The van der Waals surface area contributed by atoms with E-state index in [9.17, 15) is 9.59 Å². The summed E-state index contributed by atoms with van der Waals surface area (Å²) in [6.45, 7) is 4.39. The molecule has 0 aromatic heterocycles. The summed E-state index contributed by atoms with van der Waals surface area (Å²) in [6, 6.07) is 3.66. The lowest BCUT2D eigenvalue weighted by Gasteiger charge is -2.27. The number of carbonyl (C=O) groups excluding carboxylic acids is 2. The molecular weight excluding hydrogens is 346 g/mol. The third-order valence-electron chi connectivity index (χ3n) is 5.40. The molecule has 2 saturated heterocycles. The van der Waals surface area contributed by atoms with Gasteiger partial charge < -0.3 is 25.0 Å². The largest absolute Gasteiger partial charge is 0.493 e. The van der Waals surface area contributed by atoms with Gasteiger partial charge in [-0.2, -0.15) is 0 Å². The number of carbonyl (C=O) groups is 2. The molecule has 2 aliphatic heterocycles. The Morgan fingerprint density at radius 3 is 2.44 bits per heavy atom. The highest BCUT2D eigenvalue weighted by molar-refractivity contribution is 6.05. The van der Waals surface area contributed by atoms with Crippen LogP contribution >= 0.6 is 0 Å². The molecule has 2 atom stereocenters. The number of methoxy groups -OCH3 is 2. The molecular formula is C20H29N3O4. The van der Waals surface area contributed by atoms with Crippen LogP contribution in [0.4, 0.5) is 5.69 Å². The van der Waals surface area contributed by atoms with Crippen molar-refractivity contribution in [3.8, 4) is 11.5 Å². The molecule has 7 nitrogen and oxygen atoms in total. The van der Waals surface area contributed by atoms with E-state index in [1.165, 1.54) is 7.11 Å². The summed E-state index contributed by atoms with van der Waals surface area (Å²) in [4.78, 5) is 27.7. The lowest BCUT2D eigenvalue weighted by Crippen LogP contribution is -2.40. The van der Waals surface area contributed by atoms with Crippen molar-refractivity contribution in [1.82, 2.24) is 10.2 Å². The summed E-state index contributed by atoms with van der Waals surface area (Å²) in [5.41, 5.74) is 0.936. The zero-order valence-electron chi connectivity index (χ0n) is 16.3. The quantitative estimate of drug-likeness (QED) is 0.825. The smallest absolute Gasteiger partial charge is 0.256 e. The number of likely N-dealkylation sites (tertiary alicyclic amines) is 1. The summed E-state index contributed by atoms with van der Waals surface area (Å²) in [6.07, 6.45) is 3.59. The number of rotatable bonds is 5. The minimum Gasteiger partial charge on any atom is -0.493 e. The van der Waals surface area contributed by atoms with Gasteiger partial charge in [-0.05, 0) is 45.2 Å². The molecule has 0 spiro atoms. The van der Waals surface area contributed by atoms with E-state index in [1.54, 1.807) is 19.2 Å². The standard InChI is InChI=1S/C20H29N3O4/c1-13-10-14(6-7-21-13)19(24)22-16-12-18(27-3)17(26-2)11-15(16)20(25)23-8-4-5-9-23/h11-14,21H,4-10H2,1-3H3,(H,22,24)/t13-,14-/m0/s1. The average molecular weight is 375 g/mol. The number of nitrogens with one attached hydrogen (secondary N) is 2. The van der Waals surface area contributed by atoms with Gasteiger partial charge in [0.15, 0.2) is 11.5 Å². The number of anilines is 1. The van der Waals surface area contributed by atoms with Crippen molar-refractivity contribution in [3.63, 3.8) is 0 Å². The number of hydrogen-bond acceptors (Lipinski definition) is 5. The molecule has 1 aromatic carbocycles. The van der Waals surface area contributed by atoms with Crippen LogP contribution in [0, 0.1) is 5.92 Å². The lowest BCUT2D eigenvalue weighted by atomic mass is 9.92. The van der Waals surface area contributed by atoms with E-state index in [4.69, 9.17) is 9.47 Å². The van der Waals surface area contributed by atoms with Gasteiger partial charge in [-0.15, -0.1) is 0 Å². The second-order valence-corrected chi connectivity index (χ2v) is 7.32. The van der Waals surface area contributed by atoms with Crippen LogP contribution in [0.3, 0.4) is 0 Å². The van der Waals surface area contributed by atoms with Crippen LogP contribution in [0.25, 0.3) is 0 Å². The maximum absolute atomic E-state index is 13.0. The highest BCUT2D eigenvalue weighted by Crippen LogP contribution is 2.35. The molecule has 2 heterocycles. The van der Waals surface area contributed by atoms with E-state index in [1.807, 2.05) is 4.90 Å². The van der Waals surface area contributed by atoms with E-state index < -0.39 is 0 Å². The van der Waals surface area contributed by atoms with Gasteiger partial charge in [0.1, 0.15) is 0 Å². The van der Waals surface area contributed by atoms with Crippen LogP contribution in [0.15, 0.2) is 12.1 Å². The Hall–Kier alpha value is -2.28. The molecule has 2 aliphatic rings. The first-order chi connectivity index (χ1) is 13.0. The first-order valence-corrected chi connectivity index (χ1v) is 9.63. The lowest BCUT2D eigenvalue weighted by molar-refractivity contribution is -0.120. The molecule has 2 amide bonds. The van der Waals surface area contributed by atoms with Gasteiger partial charge in [-0.1, -0.05) is 0 Å². The van der Waals surface area contributed by atoms with Crippen molar-refractivity contribution in [1.29, 1.82) is 0 Å². The van der Waals surface area contributed by atoms with Crippen LogP contribution in [-0.4, -0.2) is 56.6 Å². The number of ether oxygens (including phenoxy) is 2. The third kappa shape index (κ3) is 4.35. The van der Waals surface area contributed by atoms with Crippen LogP contribution < -0.4 is 20.1 Å².